The van der Waals surface area contributed by atoms with E-state index in [9.17, 15) is 9.59 Å². The molecule has 0 bridgehead atoms. The molecule has 0 atom stereocenters. The zero-order valence-electron chi connectivity index (χ0n) is 7.25. The monoisotopic (exact) mass is 184 g/mol. The van der Waals surface area contributed by atoms with Crippen LogP contribution in [0.5, 0.6) is 0 Å². The van der Waals surface area contributed by atoms with Gasteiger partial charge in [-0.1, -0.05) is 5.57 Å². The molecule has 2 N–H and O–H groups in total. The normalized spacial score (nSPS) is 16.3. The summed E-state index contributed by atoms with van der Waals surface area (Å²) in [6.07, 6.45) is 2.60. The smallest absolute Gasteiger partial charge is 0.331 e. The van der Waals surface area contributed by atoms with Crippen LogP contribution in [0.25, 0.3) is 0 Å². The highest BCUT2D eigenvalue weighted by Crippen LogP contribution is 2.29. The van der Waals surface area contributed by atoms with Crippen LogP contribution in [0.15, 0.2) is 11.1 Å². The van der Waals surface area contributed by atoms with Crippen molar-refractivity contribution in [3.63, 3.8) is 0 Å². The van der Waals surface area contributed by atoms with Crippen LogP contribution >= 0.6 is 0 Å². The van der Waals surface area contributed by atoms with Gasteiger partial charge in [-0.15, -0.1) is 0 Å². The van der Waals surface area contributed by atoms with Gasteiger partial charge < -0.3 is 10.2 Å². The molecule has 1 aliphatic carbocycles. The molecule has 72 valence electrons. The number of carboxylic acid groups (broad SMARTS) is 2. The summed E-state index contributed by atoms with van der Waals surface area (Å²) in [4.78, 5) is 20.9. The van der Waals surface area contributed by atoms with Crippen molar-refractivity contribution >= 4 is 11.9 Å². The molecule has 1 rings (SSSR count). The number of carbonyl (C=O) groups is 2. The van der Waals surface area contributed by atoms with Crippen molar-refractivity contribution in [3.8, 4) is 0 Å². The molecule has 0 saturated heterocycles. The van der Waals surface area contributed by atoms with Crippen LogP contribution in [0.1, 0.15) is 32.1 Å². The highest BCUT2D eigenvalue weighted by molar-refractivity contribution is 5.88. The van der Waals surface area contributed by atoms with Gasteiger partial charge in [0.2, 0.25) is 0 Å². The third-order valence-corrected chi connectivity index (χ3v) is 2.23. The van der Waals surface area contributed by atoms with Crippen LogP contribution in [-0.2, 0) is 9.59 Å². The number of allylic oxidation sites excluding steroid dienone is 1. The quantitative estimate of drug-likeness (QED) is 0.692. The fraction of sp³-hybridized carbons (Fsp3) is 0.556. The molecular formula is C9H12O4. The molecule has 0 aromatic carbocycles. The zero-order chi connectivity index (χ0) is 9.84. The Morgan fingerprint density at radius 1 is 1.23 bits per heavy atom. The van der Waals surface area contributed by atoms with Gasteiger partial charge in [-0.25, -0.2) is 4.79 Å². The Kier molecular flexibility index (Phi) is 3.06. The highest BCUT2D eigenvalue weighted by Gasteiger charge is 2.20. The summed E-state index contributed by atoms with van der Waals surface area (Å²) in [5.74, 6) is -1.76. The van der Waals surface area contributed by atoms with Gasteiger partial charge in [0.05, 0.1) is 0 Å². The Bertz CT molecular complexity index is 265. The van der Waals surface area contributed by atoms with Gasteiger partial charge in [0.25, 0.3) is 0 Å². The van der Waals surface area contributed by atoms with E-state index < -0.39 is 11.9 Å². The first-order valence-electron chi connectivity index (χ1n) is 4.27. The maximum Gasteiger partial charge on any atom is 0.331 e. The average Bonchev–Trinajstić information content (AvgIpc) is 2.47. The third-order valence-electron chi connectivity index (χ3n) is 2.23. The first kappa shape index (κ1) is 9.77. The summed E-state index contributed by atoms with van der Waals surface area (Å²) in [6, 6.07) is 0. The summed E-state index contributed by atoms with van der Waals surface area (Å²) in [5, 5.41) is 17.2. The third kappa shape index (κ3) is 2.57. The van der Waals surface area contributed by atoms with Gasteiger partial charge in [0, 0.05) is 12.0 Å². The van der Waals surface area contributed by atoms with Crippen LogP contribution in [0.4, 0.5) is 0 Å². The van der Waals surface area contributed by atoms with Crippen LogP contribution in [0.3, 0.4) is 0 Å². The molecule has 1 aliphatic rings. The van der Waals surface area contributed by atoms with Crippen LogP contribution in [0.2, 0.25) is 0 Å². The molecule has 0 aliphatic heterocycles. The molecule has 0 amide bonds. The van der Waals surface area contributed by atoms with Crippen LogP contribution in [-0.4, -0.2) is 22.2 Å². The first-order chi connectivity index (χ1) is 6.11. The maximum atomic E-state index is 10.7. The van der Waals surface area contributed by atoms with E-state index in [0.29, 0.717) is 18.4 Å². The Morgan fingerprint density at radius 3 is 2.46 bits per heavy atom. The minimum Gasteiger partial charge on any atom is -0.481 e. The first-order valence-corrected chi connectivity index (χ1v) is 4.27. The molecular weight excluding hydrogens is 172 g/mol. The minimum atomic E-state index is -0.891. The van der Waals surface area contributed by atoms with E-state index in [0.717, 1.165) is 18.4 Å². The topological polar surface area (TPSA) is 74.6 Å². The largest absolute Gasteiger partial charge is 0.481 e. The van der Waals surface area contributed by atoms with E-state index in [4.69, 9.17) is 10.2 Å². The summed E-state index contributed by atoms with van der Waals surface area (Å²) < 4.78 is 0. The maximum absolute atomic E-state index is 10.7. The van der Waals surface area contributed by atoms with Crippen molar-refractivity contribution in [1.29, 1.82) is 0 Å². The van der Waals surface area contributed by atoms with Crippen LogP contribution in [0, 0.1) is 0 Å². The van der Waals surface area contributed by atoms with Gasteiger partial charge >= 0.3 is 11.9 Å². The fourth-order valence-electron chi connectivity index (χ4n) is 1.60. The molecule has 4 nitrogen and oxygen atoms in total. The fourth-order valence-corrected chi connectivity index (χ4v) is 1.60. The van der Waals surface area contributed by atoms with Gasteiger partial charge in [-0.3, -0.25) is 4.79 Å². The average molecular weight is 184 g/mol. The summed E-state index contributed by atoms with van der Waals surface area (Å²) in [7, 11) is 0. The number of hydrogen-bond acceptors (Lipinski definition) is 2. The van der Waals surface area contributed by atoms with E-state index in [-0.39, 0.29) is 6.42 Å². The second-order valence-corrected chi connectivity index (χ2v) is 3.13. The molecule has 0 fully saturated rings. The summed E-state index contributed by atoms with van der Waals surface area (Å²) >= 11 is 0. The van der Waals surface area contributed by atoms with Gasteiger partial charge in [-0.05, 0) is 25.7 Å². The summed E-state index contributed by atoms with van der Waals surface area (Å²) in [6.45, 7) is 0. The number of aliphatic carboxylic acids is 2. The molecule has 0 radical (unpaired) electrons. The highest BCUT2D eigenvalue weighted by atomic mass is 16.4. The Hall–Kier alpha value is -1.32. The molecule has 0 spiro atoms. The molecule has 4 heteroatoms. The zero-order valence-corrected chi connectivity index (χ0v) is 7.25. The summed E-state index contributed by atoms with van der Waals surface area (Å²) in [5.41, 5.74) is 1.25. The lowest BCUT2D eigenvalue weighted by Gasteiger charge is -2.00. The Labute approximate surface area is 75.9 Å². The molecule has 0 unspecified atom stereocenters. The lowest BCUT2D eigenvalue weighted by atomic mass is 10.1. The van der Waals surface area contributed by atoms with E-state index in [1.54, 1.807) is 0 Å². The van der Waals surface area contributed by atoms with Gasteiger partial charge in [0.1, 0.15) is 0 Å². The van der Waals surface area contributed by atoms with Crippen molar-refractivity contribution in [2.75, 3.05) is 0 Å². The van der Waals surface area contributed by atoms with Gasteiger partial charge in [-0.2, -0.15) is 0 Å². The lowest BCUT2D eigenvalue weighted by Crippen LogP contribution is -2.01. The molecule has 0 aromatic heterocycles. The molecule has 0 saturated carbocycles. The van der Waals surface area contributed by atoms with Gasteiger partial charge in [0.15, 0.2) is 0 Å². The van der Waals surface area contributed by atoms with E-state index in [1.807, 2.05) is 0 Å². The number of rotatable bonds is 4. The molecule has 0 aromatic rings. The number of hydrogen-bond donors (Lipinski definition) is 2. The Balaban J connectivity index is 2.60. The van der Waals surface area contributed by atoms with Crippen LogP contribution < -0.4 is 0 Å². The van der Waals surface area contributed by atoms with Crippen molar-refractivity contribution < 1.29 is 19.8 Å². The molecule has 13 heavy (non-hydrogen) atoms. The minimum absolute atomic E-state index is 0.0338. The van der Waals surface area contributed by atoms with E-state index >= 15 is 0 Å². The SMILES string of the molecule is O=C(O)CCC1=C(C(=O)O)CCC1. The predicted octanol–water partition coefficient (Wildman–Crippen LogP) is 1.42. The van der Waals surface area contributed by atoms with E-state index in [1.165, 1.54) is 0 Å². The molecule has 0 heterocycles. The van der Waals surface area contributed by atoms with Crippen molar-refractivity contribution in [1.82, 2.24) is 0 Å². The van der Waals surface area contributed by atoms with Crippen molar-refractivity contribution in [2.45, 2.75) is 32.1 Å². The number of carboxylic acids is 2. The van der Waals surface area contributed by atoms with Crippen molar-refractivity contribution in [3.05, 3.63) is 11.1 Å². The lowest BCUT2D eigenvalue weighted by molar-refractivity contribution is -0.137. The second-order valence-electron chi connectivity index (χ2n) is 3.13. The standard InChI is InChI=1S/C9H12O4/c10-8(11)5-4-6-2-1-3-7(6)9(12)13/h1-5H2,(H,10,11)(H,12,13). The Morgan fingerprint density at radius 2 is 1.92 bits per heavy atom. The van der Waals surface area contributed by atoms with Crippen molar-refractivity contribution in [2.24, 2.45) is 0 Å². The predicted molar refractivity (Wildman–Crippen MR) is 45.4 cm³/mol. The second kappa shape index (κ2) is 4.07. The van der Waals surface area contributed by atoms with E-state index in [2.05, 4.69) is 0 Å².